The van der Waals surface area contributed by atoms with Crippen LogP contribution in [0.5, 0.6) is 0 Å². The van der Waals surface area contributed by atoms with Crippen LogP contribution in [-0.4, -0.2) is 10.5 Å². The second kappa shape index (κ2) is 3.66. The third-order valence-electron chi connectivity index (χ3n) is 3.81. The van der Waals surface area contributed by atoms with Crippen LogP contribution in [0, 0.1) is 0 Å². The van der Waals surface area contributed by atoms with Gasteiger partial charge in [-0.25, -0.2) is 0 Å². The SMILES string of the molecule is CC1(C)c2ccccc2C(=[N+]=[N-])c2ccccc21. The Bertz CT molecular complexity index is 626. The Morgan fingerprint density at radius 1 is 0.833 bits per heavy atom. The molecule has 3 rings (SSSR count). The van der Waals surface area contributed by atoms with Gasteiger partial charge in [-0.1, -0.05) is 50.2 Å². The van der Waals surface area contributed by atoms with Crippen molar-refractivity contribution in [3.8, 4) is 0 Å². The van der Waals surface area contributed by atoms with E-state index in [9.17, 15) is 5.53 Å². The summed E-state index contributed by atoms with van der Waals surface area (Å²) in [5.74, 6) is 0. The van der Waals surface area contributed by atoms with E-state index in [0.717, 1.165) is 11.1 Å². The number of hydrogen-bond donors (Lipinski definition) is 0. The van der Waals surface area contributed by atoms with Crippen LogP contribution < -0.4 is 0 Å². The largest absolute Gasteiger partial charge is 0.361 e. The average Bonchev–Trinajstić information content (AvgIpc) is 2.40. The van der Waals surface area contributed by atoms with Gasteiger partial charge in [-0.15, -0.1) is 0 Å². The van der Waals surface area contributed by atoms with Gasteiger partial charge < -0.3 is 5.53 Å². The average molecular weight is 234 g/mol. The summed E-state index contributed by atoms with van der Waals surface area (Å²) in [5, 5.41) is 0. The van der Waals surface area contributed by atoms with E-state index in [1.807, 2.05) is 36.4 Å². The van der Waals surface area contributed by atoms with Gasteiger partial charge in [0, 0.05) is 5.41 Å². The highest BCUT2D eigenvalue weighted by Gasteiger charge is 2.38. The fraction of sp³-hybridized carbons (Fsp3) is 0.188. The molecule has 0 fully saturated rings. The third kappa shape index (κ3) is 1.30. The highest BCUT2D eigenvalue weighted by Crippen LogP contribution is 2.40. The van der Waals surface area contributed by atoms with E-state index in [4.69, 9.17) is 0 Å². The fourth-order valence-electron chi connectivity index (χ4n) is 2.87. The third-order valence-corrected chi connectivity index (χ3v) is 3.81. The predicted molar refractivity (Wildman–Crippen MR) is 71.8 cm³/mol. The maximum Gasteiger partial charge on any atom is 0.330 e. The van der Waals surface area contributed by atoms with E-state index >= 15 is 0 Å². The summed E-state index contributed by atoms with van der Waals surface area (Å²) in [6.07, 6.45) is 0. The van der Waals surface area contributed by atoms with Crippen molar-refractivity contribution in [3.63, 3.8) is 0 Å². The van der Waals surface area contributed by atoms with Crippen LogP contribution in [0.4, 0.5) is 0 Å². The topological polar surface area (TPSA) is 36.4 Å². The minimum absolute atomic E-state index is 0.0681. The molecule has 0 unspecified atom stereocenters. The minimum Gasteiger partial charge on any atom is -0.361 e. The Kier molecular flexibility index (Phi) is 2.22. The van der Waals surface area contributed by atoms with Gasteiger partial charge in [0.1, 0.15) is 0 Å². The molecule has 0 atom stereocenters. The molecule has 18 heavy (non-hydrogen) atoms. The summed E-state index contributed by atoms with van der Waals surface area (Å²) in [7, 11) is 0. The first-order valence-electron chi connectivity index (χ1n) is 6.08. The number of hydrogen-bond acceptors (Lipinski definition) is 0. The number of nitrogens with zero attached hydrogens (tertiary/aromatic N) is 2. The van der Waals surface area contributed by atoms with Crippen molar-refractivity contribution >= 4 is 5.71 Å². The van der Waals surface area contributed by atoms with Gasteiger partial charge >= 0.3 is 5.71 Å². The summed E-state index contributed by atoms with van der Waals surface area (Å²) >= 11 is 0. The van der Waals surface area contributed by atoms with E-state index in [2.05, 4.69) is 30.8 Å². The molecule has 2 nitrogen and oxygen atoms in total. The molecule has 2 aromatic rings. The van der Waals surface area contributed by atoms with E-state index in [1.54, 1.807) is 0 Å². The van der Waals surface area contributed by atoms with Crippen LogP contribution in [0.25, 0.3) is 5.53 Å². The zero-order valence-electron chi connectivity index (χ0n) is 10.5. The summed E-state index contributed by atoms with van der Waals surface area (Å²) in [5.41, 5.74) is 14.4. The Morgan fingerprint density at radius 3 is 1.72 bits per heavy atom. The van der Waals surface area contributed by atoms with Gasteiger partial charge in [0.25, 0.3) is 0 Å². The lowest BCUT2D eigenvalue weighted by atomic mass is 9.68. The maximum atomic E-state index is 9.34. The van der Waals surface area contributed by atoms with Crippen LogP contribution >= 0.6 is 0 Å². The van der Waals surface area contributed by atoms with Gasteiger partial charge in [-0.2, -0.15) is 4.79 Å². The van der Waals surface area contributed by atoms with Crippen molar-refractivity contribution in [2.75, 3.05) is 0 Å². The molecular weight excluding hydrogens is 220 g/mol. The predicted octanol–water partition coefficient (Wildman–Crippen LogP) is 3.39. The lowest BCUT2D eigenvalue weighted by Gasteiger charge is -2.32. The Hall–Kier alpha value is -2.18. The van der Waals surface area contributed by atoms with Crippen LogP contribution in [0.1, 0.15) is 36.1 Å². The summed E-state index contributed by atoms with van der Waals surface area (Å²) in [4.78, 5) is 3.51. The first-order chi connectivity index (χ1) is 8.66. The van der Waals surface area contributed by atoms with Gasteiger partial charge in [-0.05, 0) is 23.3 Å². The number of benzene rings is 2. The molecule has 0 N–H and O–H groups in total. The summed E-state index contributed by atoms with van der Waals surface area (Å²) < 4.78 is 0. The fourth-order valence-corrected chi connectivity index (χ4v) is 2.87. The second-order valence-corrected chi connectivity index (χ2v) is 5.16. The van der Waals surface area contributed by atoms with Crippen molar-refractivity contribution < 1.29 is 4.79 Å². The molecule has 0 spiro atoms. The number of fused-ring (bicyclic) bond motifs is 2. The van der Waals surface area contributed by atoms with Crippen molar-refractivity contribution in [1.29, 1.82) is 0 Å². The highest BCUT2D eigenvalue weighted by atomic mass is 14.9. The van der Waals surface area contributed by atoms with Crippen LogP contribution in [0.2, 0.25) is 0 Å². The number of rotatable bonds is 0. The zero-order valence-corrected chi connectivity index (χ0v) is 10.5. The zero-order chi connectivity index (χ0) is 12.8. The first-order valence-corrected chi connectivity index (χ1v) is 6.08. The molecule has 0 saturated heterocycles. The monoisotopic (exact) mass is 234 g/mol. The van der Waals surface area contributed by atoms with E-state index in [1.165, 1.54) is 11.1 Å². The van der Waals surface area contributed by atoms with Crippen LogP contribution in [0.15, 0.2) is 48.5 Å². The van der Waals surface area contributed by atoms with Crippen molar-refractivity contribution in [2.45, 2.75) is 19.3 Å². The molecule has 0 amide bonds. The molecule has 88 valence electrons. The van der Waals surface area contributed by atoms with E-state index in [-0.39, 0.29) is 5.41 Å². The van der Waals surface area contributed by atoms with Crippen molar-refractivity contribution in [2.24, 2.45) is 0 Å². The van der Waals surface area contributed by atoms with E-state index in [0.29, 0.717) is 5.71 Å². The maximum absolute atomic E-state index is 9.34. The van der Waals surface area contributed by atoms with Gasteiger partial charge in [0.15, 0.2) is 0 Å². The minimum atomic E-state index is -0.0681. The quantitative estimate of drug-likeness (QED) is 0.495. The van der Waals surface area contributed by atoms with Gasteiger partial charge in [0.05, 0.1) is 11.1 Å². The van der Waals surface area contributed by atoms with E-state index < -0.39 is 0 Å². The first kappa shape index (κ1) is 10.9. The van der Waals surface area contributed by atoms with Crippen molar-refractivity contribution in [3.05, 3.63) is 76.3 Å². The Morgan fingerprint density at radius 2 is 1.28 bits per heavy atom. The Balaban J connectivity index is 2.44. The van der Waals surface area contributed by atoms with Crippen LogP contribution in [-0.2, 0) is 5.41 Å². The lowest BCUT2D eigenvalue weighted by Crippen LogP contribution is -2.31. The summed E-state index contributed by atoms with van der Waals surface area (Å²) in [6.45, 7) is 4.41. The molecule has 2 aromatic carbocycles. The molecule has 1 aliphatic rings. The molecule has 0 aliphatic heterocycles. The molecule has 1 aliphatic carbocycles. The second-order valence-electron chi connectivity index (χ2n) is 5.16. The molecule has 0 heterocycles. The van der Waals surface area contributed by atoms with Gasteiger partial charge in [-0.3, -0.25) is 0 Å². The van der Waals surface area contributed by atoms with Gasteiger partial charge in [0.2, 0.25) is 0 Å². The molecule has 0 bridgehead atoms. The molecule has 0 saturated carbocycles. The lowest BCUT2D eigenvalue weighted by molar-refractivity contribution is -0.00329. The standard InChI is InChI=1S/C16H14N2/c1-16(2)13-9-5-3-7-11(13)15(18-17)12-8-4-6-10-14(12)16/h3-10H,1-2H3. The molecule has 0 aromatic heterocycles. The molecular formula is C16H14N2. The normalized spacial score (nSPS) is 15.6. The summed E-state index contributed by atoms with van der Waals surface area (Å²) in [6, 6.07) is 16.3. The van der Waals surface area contributed by atoms with Crippen LogP contribution in [0.3, 0.4) is 0 Å². The molecule has 0 radical (unpaired) electrons. The van der Waals surface area contributed by atoms with Crippen molar-refractivity contribution in [1.82, 2.24) is 0 Å². The Labute approximate surface area is 107 Å². The highest BCUT2D eigenvalue weighted by molar-refractivity contribution is 6.13. The molecule has 2 heteroatoms. The smallest absolute Gasteiger partial charge is 0.330 e.